The minimum absolute atomic E-state index is 0.0299. The average Bonchev–Trinajstić information content (AvgIpc) is 2.57. The molecule has 0 aliphatic heterocycles. The fraction of sp³-hybridized carbons (Fsp3) is 0.316. The lowest BCUT2D eigenvalue weighted by Crippen LogP contribution is -2.45. The van der Waals surface area contributed by atoms with Crippen LogP contribution < -0.4 is 5.73 Å². The van der Waals surface area contributed by atoms with E-state index in [4.69, 9.17) is 5.73 Å². The van der Waals surface area contributed by atoms with Gasteiger partial charge >= 0.3 is 0 Å². The van der Waals surface area contributed by atoms with E-state index in [-0.39, 0.29) is 5.91 Å². The van der Waals surface area contributed by atoms with E-state index < -0.39 is 6.04 Å². The molecule has 2 aromatic carbocycles. The van der Waals surface area contributed by atoms with Crippen molar-refractivity contribution in [3.05, 3.63) is 71.8 Å². The summed E-state index contributed by atoms with van der Waals surface area (Å²) < 4.78 is 0. The van der Waals surface area contributed by atoms with Crippen LogP contribution in [-0.4, -0.2) is 29.9 Å². The highest BCUT2D eigenvalue weighted by Gasteiger charge is 2.19. The molecular formula is C19H24N2O. The third kappa shape index (κ3) is 4.71. The van der Waals surface area contributed by atoms with Crippen LogP contribution in [0.25, 0.3) is 0 Å². The summed E-state index contributed by atoms with van der Waals surface area (Å²) in [6, 6.07) is 19.7. The van der Waals surface area contributed by atoms with Gasteiger partial charge in [0.2, 0.25) is 5.91 Å². The smallest absolute Gasteiger partial charge is 0.239 e. The molecule has 0 aliphatic carbocycles. The number of nitrogens with two attached hydrogens (primary N) is 1. The minimum atomic E-state index is -0.474. The molecule has 2 N–H and O–H groups in total. The quantitative estimate of drug-likeness (QED) is 0.854. The molecule has 0 aromatic heterocycles. The van der Waals surface area contributed by atoms with Crippen LogP contribution in [0.4, 0.5) is 0 Å². The van der Waals surface area contributed by atoms with Crippen LogP contribution in [-0.2, 0) is 17.6 Å². The van der Waals surface area contributed by atoms with Crippen molar-refractivity contribution in [1.82, 2.24) is 4.90 Å². The summed E-state index contributed by atoms with van der Waals surface area (Å²) in [6.45, 7) is 3.40. The first-order valence-electron chi connectivity index (χ1n) is 7.83. The Morgan fingerprint density at radius 2 is 1.55 bits per heavy atom. The lowest BCUT2D eigenvalue weighted by Gasteiger charge is -2.24. The first kappa shape index (κ1) is 16.2. The summed E-state index contributed by atoms with van der Waals surface area (Å²) in [6.07, 6.45) is 1.44. The Morgan fingerprint density at radius 3 is 2.09 bits per heavy atom. The maximum Gasteiger partial charge on any atom is 0.239 e. The maximum atomic E-state index is 12.5. The monoisotopic (exact) mass is 296 g/mol. The second-order valence-corrected chi connectivity index (χ2v) is 5.45. The fourth-order valence-electron chi connectivity index (χ4n) is 2.52. The van der Waals surface area contributed by atoms with Gasteiger partial charge in [-0.05, 0) is 30.9 Å². The number of likely N-dealkylation sites (N-methyl/N-ethyl adjacent to an activating group) is 1. The van der Waals surface area contributed by atoms with Gasteiger partial charge in [0.05, 0.1) is 6.04 Å². The minimum Gasteiger partial charge on any atom is -0.341 e. The number of carbonyl (C=O) groups excluding carboxylic acids is 1. The van der Waals surface area contributed by atoms with Gasteiger partial charge in [0.15, 0.2) is 0 Å². The van der Waals surface area contributed by atoms with Gasteiger partial charge in [0.25, 0.3) is 0 Å². The number of hydrogen-bond donors (Lipinski definition) is 1. The Morgan fingerprint density at radius 1 is 1.00 bits per heavy atom. The van der Waals surface area contributed by atoms with Crippen molar-refractivity contribution in [3.8, 4) is 0 Å². The van der Waals surface area contributed by atoms with Gasteiger partial charge in [-0.15, -0.1) is 0 Å². The predicted octanol–water partition coefficient (Wildman–Crippen LogP) is 2.65. The molecule has 3 heteroatoms. The van der Waals surface area contributed by atoms with Crippen LogP contribution in [0.15, 0.2) is 60.7 Å². The van der Waals surface area contributed by atoms with Crippen molar-refractivity contribution in [1.29, 1.82) is 0 Å². The van der Waals surface area contributed by atoms with Gasteiger partial charge in [-0.25, -0.2) is 0 Å². The highest BCUT2D eigenvalue weighted by atomic mass is 16.2. The van der Waals surface area contributed by atoms with E-state index in [1.807, 2.05) is 60.4 Å². The summed E-state index contributed by atoms with van der Waals surface area (Å²) in [4.78, 5) is 14.3. The molecule has 0 heterocycles. The van der Waals surface area contributed by atoms with Crippen LogP contribution in [0, 0.1) is 0 Å². The van der Waals surface area contributed by atoms with E-state index in [0.29, 0.717) is 19.5 Å². The van der Waals surface area contributed by atoms with Gasteiger partial charge in [-0.3, -0.25) is 4.79 Å². The maximum absolute atomic E-state index is 12.5. The molecule has 0 aliphatic rings. The number of amides is 1. The predicted molar refractivity (Wildman–Crippen MR) is 90.5 cm³/mol. The van der Waals surface area contributed by atoms with E-state index in [1.165, 1.54) is 5.56 Å². The molecular weight excluding hydrogens is 272 g/mol. The molecule has 0 saturated carbocycles. The Bertz CT molecular complexity index is 569. The van der Waals surface area contributed by atoms with Crippen LogP contribution >= 0.6 is 0 Å². The Balaban J connectivity index is 1.90. The van der Waals surface area contributed by atoms with Crippen LogP contribution in [0.1, 0.15) is 18.1 Å². The zero-order valence-corrected chi connectivity index (χ0v) is 13.1. The van der Waals surface area contributed by atoms with Crippen LogP contribution in [0.3, 0.4) is 0 Å². The molecule has 0 fully saturated rings. The molecule has 0 spiro atoms. The number of nitrogens with zero attached hydrogens (tertiary/aromatic N) is 1. The van der Waals surface area contributed by atoms with Crippen molar-refractivity contribution >= 4 is 5.91 Å². The van der Waals surface area contributed by atoms with Crippen molar-refractivity contribution in [3.63, 3.8) is 0 Å². The van der Waals surface area contributed by atoms with Crippen molar-refractivity contribution in [2.45, 2.75) is 25.8 Å². The standard InChI is InChI=1S/C19H24N2O/c1-2-21(14-13-16-9-5-3-6-10-16)19(22)18(20)15-17-11-7-4-8-12-17/h3-12,18H,2,13-15,20H2,1H3/t18-/m0/s1. The molecule has 2 rings (SSSR count). The number of benzene rings is 2. The van der Waals surface area contributed by atoms with Crippen molar-refractivity contribution in [2.24, 2.45) is 5.73 Å². The zero-order chi connectivity index (χ0) is 15.8. The molecule has 116 valence electrons. The molecule has 0 bridgehead atoms. The van der Waals surface area contributed by atoms with Gasteiger partial charge in [-0.2, -0.15) is 0 Å². The summed E-state index contributed by atoms with van der Waals surface area (Å²) in [7, 11) is 0. The molecule has 22 heavy (non-hydrogen) atoms. The lowest BCUT2D eigenvalue weighted by atomic mass is 10.1. The van der Waals surface area contributed by atoms with Crippen molar-refractivity contribution in [2.75, 3.05) is 13.1 Å². The SMILES string of the molecule is CCN(CCc1ccccc1)C(=O)[C@@H](N)Cc1ccccc1. The molecule has 0 radical (unpaired) electrons. The van der Waals surface area contributed by atoms with Gasteiger partial charge in [-0.1, -0.05) is 60.7 Å². The van der Waals surface area contributed by atoms with E-state index in [9.17, 15) is 4.79 Å². The van der Waals surface area contributed by atoms with E-state index >= 15 is 0 Å². The summed E-state index contributed by atoms with van der Waals surface area (Å²) in [5.41, 5.74) is 8.44. The largest absolute Gasteiger partial charge is 0.341 e. The van der Waals surface area contributed by atoms with Gasteiger partial charge < -0.3 is 10.6 Å². The Kier molecular flexibility index (Phi) is 6.16. The van der Waals surface area contributed by atoms with Crippen molar-refractivity contribution < 1.29 is 4.79 Å². The first-order valence-corrected chi connectivity index (χ1v) is 7.83. The number of rotatable bonds is 7. The van der Waals surface area contributed by atoms with E-state index in [1.54, 1.807) is 0 Å². The molecule has 3 nitrogen and oxygen atoms in total. The molecule has 1 atom stereocenters. The summed E-state index contributed by atoms with van der Waals surface area (Å²) in [5.74, 6) is 0.0299. The summed E-state index contributed by atoms with van der Waals surface area (Å²) >= 11 is 0. The Labute approximate surface area is 132 Å². The highest BCUT2D eigenvalue weighted by Crippen LogP contribution is 2.06. The lowest BCUT2D eigenvalue weighted by molar-refractivity contribution is -0.132. The molecule has 0 unspecified atom stereocenters. The molecule has 2 aromatic rings. The number of carbonyl (C=O) groups is 1. The van der Waals surface area contributed by atoms with Crippen LogP contribution in [0.5, 0.6) is 0 Å². The van der Waals surface area contributed by atoms with E-state index in [0.717, 1.165) is 12.0 Å². The van der Waals surface area contributed by atoms with Gasteiger partial charge in [0, 0.05) is 13.1 Å². The Hall–Kier alpha value is -2.13. The van der Waals surface area contributed by atoms with Gasteiger partial charge in [0.1, 0.15) is 0 Å². The second-order valence-electron chi connectivity index (χ2n) is 5.45. The molecule has 0 saturated heterocycles. The second kappa shape index (κ2) is 8.35. The number of hydrogen-bond acceptors (Lipinski definition) is 2. The molecule has 1 amide bonds. The topological polar surface area (TPSA) is 46.3 Å². The third-order valence-electron chi connectivity index (χ3n) is 3.82. The zero-order valence-electron chi connectivity index (χ0n) is 13.1. The third-order valence-corrected chi connectivity index (χ3v) is 3.82. The first-order chi connectivity index (χ1) is 10.7. The highest BCUT2D eigenvalue weighted by molar-refractivity contribution is 5.82. The summed E-state index contributed by atoms with van der Waals surface area (Å²) in [5, 5.41) is 0. The average molecular weight is 296 g/mol. The van der Waals surface area contributed by atoms with Crippen LogP contribution in [0.2, 0.25) is 0 Å². The van der Waals surface area contributed by atoms with E-state index in [2.05, 4.69) is 12.1 Å². The fourth-order valence-corrected chi connectivity index (χ4v) is 2.52. The normalized spacial score (nSPS) is 11.9.